The number of hydrogen-bond donors (Lipinski definition) is 2. The van der Waals surface area contributed by atoms with Crippen molar-refractivity contribution >= 4 is 17.7 Å². The van der Waals surface area contributed by atoms with Gasteiger partial charge in [0.25, 0.3) is 0 Å². The Labute approximate surface area is 96.8 Å². The molecule has 15 heavy (non-hydrogen) atoms. The van der Waals surface area contributed by atoms with E-state index in [1.807, 2.05) is 0 Å². The lowest BCUT2D eigenvalue weighted by Gasteiger charge is -2.30. The molecule has 1 saturated heterocycles. The quantitative estimate of drug-likeness (QED) is 0.698. The van der Waals surface area contributed by atoms with Gasteiger partial charge in [0.1, 0.15) is 0 Å². The highest BCUT2D eigenvalue weighted by Crippen LogP contribution is 2.11. The monoisotopic (exact) mass is 230 g/mol. The summed E-state index contributed by atoms with van der Waals surface area (Å²) in [7, 11) is 0. The first-order valence-electron chi connectivity index (χ1n) is 5.82. The van der Waals surface area contributed by atoms with Gasteiger partial charge in [-0.15, -0.1) is 0 Å². The van der Waals surface area contributed by atoms with Gasteiger partial charge in [-0.25, -0.2) is 0 Å². The maximum atomic E-state index is 11.6. The normalized spacial score (nSPS) is 26.3. The van der Waals surface area contributed by atoms with E-state index < -0.39 is 0 Å². The molecule has 88 valence electrons. The zero-order valence-corrected chi connectivity index (χ0v) is 10.5. The van der Waals surface area contributed by atoms with Gasteiger partial charge in [-0.05, 0) is 31.1 Å². The van der Waals surface area contributed by atoms with Gasteiger partial charge < -0.3 is 10.6 Å². The number of thioether (sulfide) groups is 1. The molecule has 1 heterocycles. The van der Waals surface area contributed by atoms with Crippen LogP contribution >= 0.6 is 11.8 Å². The molecule has 3 nitrogen and oxygen atoms in total. The third-order valence-corrected chi connectivity index (χ3v) is 3.92. The zero-order chi connectivity index (χ0) is 11.1. The van der Waals surface area contributed by atoms with E-state index in [4.69, 9.17) is 0 Å². The van der Waals surface area contributed by atoms with Gasteiger partial charge in [-0.2, -0.15) is 11.8 Å². The Hall–Kier alpha value is -0.220. The molecule has 2 N–H and O–H groups in total. The van der Waals surface area contributed by atoms with E-state index >= 15 is 0 Å². The van der Waals surface area contributed by atoms with Crippen LogP contribution in [0.3, 0.4) is 0 Å². The van der Waals surface area contributed by atoms with Gasteiger partial charge in [0, 0.05) is 12.6 Å². The SMILES string of the molecule is CCCSCC(=O)NC1CNCCC1C. The lowest BCUT2D eigenvalue weighted by atomic mass is 9.95. The van der Waals surface area contributed by atoms with Crippen LogP contribution in [0.25, 0.3) is 0 Å². The summed E-state index contributed by atoms with van der Waals surface area (Å²) >= 11 is 1.72. The third kappa shape index (κ3) is 4.89. The minimum atomic E-state index is 0.189. The van der Waals surface area contributed by atoms with Crippen molar-refractivity contribution < 1.29 is 4.79 Å². The van der Waals surface area contributed by atoms with Crippen LogP contribution in [0, 0.1) is 5.92 Å². The fourth-order valence-electron chi connectivity index (χ4n) is 1.74. The average molecular weight is 230 g/mol. The van der Waals surface area contributed by atoms with Crippen LogP contribution in [0.5, 0.6) is 0 Å². The average Bonchev–Trinajstić information content (AvgIpc) is 2.22. The third-order valence-electron chi connectivity index (χ3n) is 2.76. The van der Waals surface area contributed by atoms with Crippen molar-refractivity contribution in [1.29, 1.82) is 0 Å². The lowest BCUT2D eigenvalue weighted by Crippen LogP contribution is -2.50. The molecule has 1 aliphatic rings. The summed E-state index contributed by atoms with van der Waals surface area (Å²) in [5.41, 5.74) is 0. The summed E-state index contributed by atoms with van der Waals surface area (Å²) in [4.78, 5) is 11.6. The van der Waals surface area contributed by atoms with Gasteiger partial charge in [0.05, 0.1) is 5.75 Å². The first kappa shape index (κ1) is 12.8. The molecule has 0 aromatic rings. The molecule has 1 aliphatic heterocycles. The molecule has 1 rings (SSSR count). The lowest BCUT2D eigenvalue weighted by molar-refractivity contribution is -0.119. The molecular formula is C11H22N2OS. The Morgan fingerprint density at radius 3 is 3.07 bits per heavy atom. The molecular weight excluding hydrogens is 208 g/mol. The summed E-state index contributed by atoms with van der Waals surface area (Å²) in [5, 5.41) is 6.42. The predicted molar refractivity (Wildman–Crippen MR) is 66.2 cm³/mol. The number of carbonyl (C=O) groups is 1. The van der Waals surface area contributed by atoms with Gasteiger partial charge in [-0.1, -0.05) is 13.8 Å². The molecule has 0 aliphatic carbocycles. The van der Waals surface area contributed by atoms with Gasteiger partial charge in [0.15, 0.2) is 0 Å². The maximum absolute atomic E-state index is 11.6. The maximum Gasteiger partial charge on any atom is 0.230 e. The molecule has 1 amide bonds. The van der Waals surface area contributed by atoms with E-state index in [2.05, 4.69) is 24.5 Å². The van der Waals surface area contributed by atoms with Crippen LogP contribution in [-0.2, 0) is 4.79 Å². The van der Waals surface area contributed by atoms with E-state index in [-0.39, 0.29) is 5.91 Å². The molecule has 0 spiro atoms. The Balaban J connectivity index is 2.18. The fourth-order valence-corrected chi connectivity index (χ4v) is 2.44. The number of amides is 1. The fraction of sp³-hybridized carbons (Fsp3) is 0.909. The molecule has 2 atom stereocenters. The van der Waals surface area contributed by atoms with Gasteiger partial charge in [-0.3, -0.25) is 4.79 Å². The first-order valence-corrected chi connectivity index (χ1v) is 6.97. The zero-order valence-electron chi connectivity index (χ0n) is 9.71. The number of hydrogen-bond acceptors (Lipinski definition) is 3. The summed E-state index contributed by atoms with van der Waals surface area (Å²) in [6, 6.07) is 0.327. The summed E-state index contributed by atoms with van der Waals surface area (Å²) in [5.74, 6) is 2.48. The second-order valence-electron chi connectivity index (χ2n) is 4.20. The second kappa shape index (κ2) is 7.12. The van der Waals surface area contributed by atoms with Crippen LogP contribution in [0.2, 0.25) is 0 Å². The standard InChI is InChI=1S/C11H22N2OS/c1-3-6-15-8-11(14)13-10-7-12-5-4-9(10)2/h9-10,12H,3-8H2,1-2H3,(H,13,14). The van der Waals surface area contributed by atoms with Gasteiger partial charge >= 0.3 is 0 Å². The summed E-state index contributed by atoms with van der Waals surface area (Å²) < 4.78 is 0. The van der Waals surface area contributed by atoms with Crippen LogP contribution in [0.1, 0.15) is 26.7 Å². The summed E-state index contributed by atoms with van der Waals surface area (Å²) in [6.07, 6.45) is 2.30. The molecule has 0 aromatic heterocycles. The number of nitrogens with one attached hydrogen (secondary N) is 2. The van der Waals surface area contributed by atoms with Crippen molar-refractivity contribution in [3.8, 4) is 0 Å². The largest absolute Gasteiger partial charge is 0.351 e. The predicted octanol–water partition coefficient (Wildman–Crippen LogP) is 1.24. The molecule has 0 aromatic carbocycles. The molecule has 2 unspecified atom stereocenters. The van der Waals surface area contributed by atoms with Crippen molar-refractivity contribution in [3.05, 3.63) is 0 Å². The number of carbonyl (C=O) groups excluding carboxylic acids is 1. The minimum Gasteiger partial charge on any atom is -0.351 e. The van der Waals surface area contributed by atoms with Crippen molar-refractivity contribution in [3.63, 3.8) is 0 Å². The van der Waals surface area contributed by atoms with E-state index in [0.29, 0.717) is 17.7 Å². The smallest absolute Gasteiger partial charge is 0.230 e. The summed E-state index contributed by atoms with van der Waals surface area (Å²) in [6.45, 7) is 6.35. The topological polar surface area (TPSA) is 41.1 Å². The highest BCUT2D eigenvalue weighted by atomic mass is 32.2. The molecule has 1 fully saturated rings. The Kier molecular flexibility index (Phi) is 6.10. The van der Waals surface area contributed by atoms with Crippen molar-refractivity contribution in [2.45, 2.75) is 32.7 Å². The molecule has 0 radical (unpaired) electrons. The van der Waals surface area contributed by atoms with Crippen molar-refractivity contribution in [1.82, 2.24) is 10.6 Å². The van der Waals surface area contributed by atoms with E-state index in [1.165, 1.54) is 0 Å². The first-order chi connectivity index (χ1) is 7.24. The van der Waals surface area contributed by atoms with E-state index in [1.54, 1.807) is 11.8 Å². The highest BCUT2D eigenvalue weighted by molar-refractivity contribution is 7.99. The number of rotatable bonds is 5. The van der Waals surface area contributed by atoms with Gasteiger partial charge in [0.2, 0.25) is 5.91 Å². The highest BCUT2D eigenvalue weighted by Gasteiger charge is 2.22. The van der Waals surface area contributed by atoms with E-state index in [0.717, 1.165) is 31.7 Å². The second-order valence-corrected chi connectivity index (χ2v) is 5.30. The molecule has 4 heteroatoms. The Morgan fingerprint density at radius 2 is 2.40 bits per heavy atom. The molecule has 0 bridgehead atoms. The van der Waals surface area contributed by atoms with Crippen molar-refractivity contribution in [2.75, 3.05) is 24.6 Å². The number of piperidine rings is 1. The Morgan fingerprint density at radius 1 is 1.60 bits per heavy atom. The van der Waals surface area contributed by atoms with Crippen LogP contribution in [0.4, 0.5) is 0 Å². The van der Waals surface area contributed by atoms with Crippen LogP contribution < -0.4 is 10.6 Å². The van der Waals surface area contributed by atoms with Crippen LogP contribution in [0.15, 0.2) is 0 Å². The van der Waals surface area contributed by atoms with Crippen molar-refractivity contribution in [2.24, 2.45) is 5.92 Å². The minimum absolute atomic E-state index is 0.189. The van der Waals surface area contributed by atoms with E-state index in [9.17, 15) is 4.79 Å². The molecule has 0 saturated carbocycles. The Bertz CT molecular complexity index is 199. The van der Waals surface area contributed by atoms with Crippen LogP contribution in [-0.4, -0.2) is 36.5 Å².